The molecule has 6 nitrogen and oxygen atoms in total. The highest BCUT2D eigenvalue weighted by Gasteiger charge is 2.38. The van der Waals surface area contributed by atoms with Crippen LogP contribution in [-0.4, -0.2) is 33.4 Å². The number of morpholine rings is 1. The molecule has 2 aliphatic heterocycles. The van der Waals surface area contributed by atoms with Crippen LogP contribution in [0.3, 0.4) is 0 Å². The molecule has 0 amide bonds. The van der Waals surface area contributed by atoms with Gasteiger partial charge in [0.2, 0.25) is 0 Å². The van der Waals surface area contributed by atoms with Crippen molar-refractivity contribution >= 4 is 22.5 Å². The van der Waals surface area contributed by atoms with Crippen LogP contribution in [0.4, 0.5) is 5.69 Å². The largest absolute Gasteiger partial charge is 0.497 e. The van der Waals surface area contributed by atoms with E-state index < -0.39 is 5.60 Å². The van der Waals surface area contributed by atoms with Crippen LogP contribution in [0.1, 0.15) is 16.7 Å². The van der Waals surface area contributed by atoms with Crippen molar-refractivity contribution in [3.63, 3.8) is 0 Å². The summed E-state index contributed by atoms with van der Waals surface area (Å²) in [5, 5.41) is 11.3. The van der Waals surface area contributed by atoms with Gasteiger partial charge in [0.05, 0.1) is 20.3 Å². The fourth-order valence-corrected chi connectivity index (χ4v) is 5.22. The lowest BCUT2D eigenvalue weighted by molar-refractivity contribution is 0.122. The number of hydrogen-bond acceptors (Lipinski definition) is 6. The zero-order valence-corrected chi connectivity index (χ0v) is 20.5. The van der Waals surface area contributed by atoms with Crippen molar-refractivity contribution in [1.29, 1.82) is 5.26 Å². The molecule has 2 aliphatic rings. The number of hydrogen-bond donors (Lipinski definition) is 0. The first kappa shape index (κ1) is 23.0. The third kappa shape index (κ3) is 4.04. The maximum atomic E-state index is 8.91. The molecular weight excluding hydrogens is 464 g/mol. The first-order valence-corrected chi connectivity index (χ1v) is 12.3. The Bertz CT molecular complexity index is 1500. The van der Waals surface area contributed by atoms with Crippen LogP contribution in [0.2, 0.25) is 0 Å². The van der Waals surface area contributed by atoms with E-state index in [0.29, 0.717) is 19.0 Å². The van der Waals surface area contributed by atoms with Gasteiger partial charge in [-0.3, -0.25) is 0 Å². The van der Waals surface area contributed by atoms with E-state index in [1.807, 2.05) is 36.4 Å². The summed E-state index contributed by atoms with van der Waals surface area (Å²) in [6.07, 6.45) is 6.00. The lowest BCUT2D eigenvalue weighted by Gasteiger charge is -2.38. The summed E-state index contributed by atoms with van der Waals surface area (Å²) in [6.45, 7) is 3.09. The van der Waals surface area contributed by atoms with E-state index >= 15 is 0 Å². The number of benzene rings is 4. The van der Waals surface area contributed by atoms with Crippen molar-refractivity contribution in [2.45, 2.75) is 5.60 Å². The first-order chi connectivity index (χ1) is 18.2. The van der Waals surface area contributed by atoms with Crippen LogP contribution >= 0.6 is 0 Å². The second kappa shape index (κ2) is 9.53. The molecule has 37 heavy (non-hydrogen) atoms. The molecule has 0 spiro atoms. The van der Waals surface area contributed by atoms with E-state index in [2.05, 4.69) is 47.4 Å². The molecule has 6 heteroatoms. The Balaban J connectivity index is 1.52. The second-order valence-corrected chi connectivity index (χ2v) is 9.07. The van der Waals surface area contributed by atoms with Gasteiger partial charge in [0.25, 0.3) is 6.26 Å². The molecule has 1 atom stereocenters. The fourth-order valence-electron chi connectivity index (χ4n) is 5.22. The van der Waals surface area contributed by atoms with E-state index in [4.69, 9.17) is 24.2 Å². The average molecular weight is 491 g/mol. The lowest BCUT2D eigenvalue weighted by atomic mass is 9.83. The summed E-state index contributed by atoms with van der Waals surface area (Å²) < 4.78 is 23.1. The number of fused-ring (bicyclic) bond motifs is 3. The molecular formula is C31H26N2O4. The highest BCUT2D eigenvalue weighted by Crippen LogP contribution is 2.47. The van der Waals surface area contributed by atoms with Crippen molar-refractivity contribution in [2.75, 3.05) is 38.3 Å². The molecule has 4 aromatic carbocycles. The van der Waals surface area contributed by atoms with Crippen LogP contribution in [-0.2, 0) is 10.3 Å². The fraction of sp³-hybridized carbons (Fsp3) is 0.194. The van der Waals surface area contributed by atoms with Gasteiger partial charge in [0.15, 0.2) is 5.60 Å². The van der Waals surface area contributed by atoms with Gasteiger partial charge < -0.3 is 23.8 Å². The van der Waals surface area contributed by atoms with Gasteiger partial charge in [0, 0.05) is 46.9 Å². The normalized spacial score (nSPS) is 18.5. The minimum absolute atomic E-state index is 0.483. The molecule has 0 aliphatic carbocycles. The Morgan fingerprint density at radius 3 is 2.16 bits per heavy atom. The maximum Gasteiger partial charge on any atom is 0.292 e. The zero-order valence-electron chi connectivity index (χ0n) is 20.5. The molecule has 184 valence electrons. The average Bonchev–Trinajstić information content (AvgIpc) is 2.97. The number of ether oxygens (including phenoxy) is 4. The van der Waals surface area contributed by atoms with Crippen molar-refractivity contribution in [2.24, 2.45) is 0 Å². The summed E-state index contributed by atoms with van der Waals surface area (Å²) in [4.78, 5) is 2.37. The molecule has 1 unspecified atom stereocenters. The Morgan fingerprint density at radius 1 is 0.865 bits per heavy atom. The number of anilines is 1. The van der Waals surface area contributed by atoms with E-state index in [1.54, 1.807) is 25.5 Å². The molecule has 0 aromatic heterocycles. The summed E-state index contributed by atoms with van der Waals surface area (Å²) in [7, 11) is 1.66. The SMILES string of the molecule is COc1ccc(C2(c3ccc(OC#N)cc3)C=Cc3c(cc(N4CCOCC4)c4ccccc34)O2)cc1. The van der Waals surface area contributed by atoms with Crippen LogP contribution < -0.4 is 19.1 Å². The molecule has 4 aromatic rings. The van der Waals surface area contributed by atoms with Crippen LogP contribution in [0.15, 0.2) is 84.9 Å². The topological polar surface area (TPSA) is 64.0 Å². The smallest absolute Gasteiger partial charge is 0.292 e. The van der Waals surface area contributed by atoms with E-state index in [0.717, 1.165) is 52.4 Å². The summed E-state index contributed by atoms with van der Waals surface area (Å²) >= 11 is 0. The molecule has 0 radical (unpaired) electrons. The number of nitrogens with zero attached hydrogens (tertiary/aromatic N) is 2. The third-order valence-electron chi connectivity index (χ3n) is 7.10. The van der Waals surface area contributed by atoms with Crippen molar-refractivity contribution in [3.05, 3.63) is 102 Å². The Kier molecular flexibility index (Phi) is 5.91. The number of nitriles is 1. The van der Waals surface area contributed by atoms with Gasteiger partial charge in [-0.25, -0.2) is 0 Å². The molecule has 1 fully saturated rings. The second-order valence-electron chi connectivity index (χ2n) is 9.07. The standard InChI is InChI=1S/C31H26N2O4/c1-34-24-10-6-22(7-11-24)31(23-8-12-25(13-9-23)36-21-32)15-14-28-26-4-2-3-5-27(26)29(20-30(28)37-31)33-16-18-35-19-17-33/h2-15,20H,16-19H2,1H3. The van der Waals surface area contributed by atoms with E-state index in [1.165, 1.54) is 5.39 Å². The lowest BCUT2D eigenvalue weighted by Crippen LogP contribution is -2.37. The van der Waals surface area contributed by atoms with Crippen molar-refractivity contribution in [3.8, 4) is 23.5 Å². The predicted octanol–water partition coefficient (Wildman–Crippen LogP) is 5.89. The predicted molar refractivity (Wildman–Crippen MR) is 143 cm³/mol. The van der Waals surface area contributed by atoms with Gasteiger partial charge in [0.1, 0.15) is 17.2 Å². The van der Waals surface area contributed by atoms with Gasteiger partial charge in [-0.05, 0) is 41.8 Å². The van der Waals surface area contributed by atoms with Gasteiger partial charge in [-0.15, -0.1) is 5.26 Å². The molecule has 0 bridgehead atoms. The quantitative estimate of drug-likeness (QED) is 0.325. The van der Waals surface area contributed by atoms with Gasteiger partial charge >= 0.3 is 0 Å². The molecule has 6 rings (SSSR count). The first-order valence-electron chi connectivity index (χ1n) is 12.3. The highest BCUT2D eigenvalue weighted by molar-refractivity contribution is 6.02. The maximum absolute atomic E-state index is 8.91. The zero-order chi connectivity index (χ0) is 25.2. The van der Waals surface area contributed by atoms with Gasteiger partial charge in [-0.1, -0.05) is 48.5 Å². The Morgan fingerprint density at radius 2 is 1.51 bits per heavy atom. The van der Waals surface area contributed by atoms with E-state index in [-0.39, 0.29) is 0 Å². The summed E-state index contributed by atoms with van der Waals surface area (Å²) in [6, 6.07) is 26.0. The highest BCUT2D eigenvalue weighted by atomic mass is 16.5. The van der Waals surface area contributed by atoms with Gasteiger partial charge in [-0.2, -0.15) is 0 Å². The van der Waals surface area contributed by atoms with Crippen LogP contribution in [0.5, 0.6) is 17.2 Å². The molecule has 1 saturated heterocycles. The number of rotatable bonds is 5. The van der Waals surface area contributed by atoms with Crippen molar-refractivity contribution < 1.29 is 18.9 Å². The van der Waals surface area contributed by atoms with Crippen molar-refractivity contribution in [1.82, 2.24) is 0 Å². The molecule has 2 heterocycles. The van der Waals surface area contributed by atoms with Crippen LogP contribution in [0.25, 0.3) is 16.8 Å². The minimum atomic E-state index is -0.880. The molecule has 0 saturated carbocycles. The van der Waals surface area contributed by atoms with E-state index in [9.17, 15) is 0 Å². The third-order valence-corrected chi connectivity index (χ3v) is 7.10. The summed E-state index contributed by atoms with van der Waals surface area (Å²) in [5.41, 5.74) is 3.21. The monoisotopic (exact) mass is 490 g/mol. The number of methoxy groups -OCH3 is 1. The molecule has 0 N–H and O–H groups in total. The Hall–Kier alpha value is -4.47. The Labute approximate surface area is 215 Å². The minimum Gasteiger partial charge on any atom is -0.497 e. The summed E-state index contributed by atoms with van der Waals surface area (Å²) in [5.74, 6) is 2.07. The van der Waals surface area contributed by atoms with Crippen LogP contribution in [0, 0.1) is 11.5 Å².